The Bertz CT molecular complexity index is 685. The number of carboxylic acids is 1. The summed E-state index contributed by atoms with van der Waals surface area (Å²) in [6.45, 7) is 5.89. The minimum Gasteiger partial charge on any atom is -0.478 e. The molecule has 3 nitrogen and oxygen atoms in total. The van der Waals surface area contributed by atoms with E-state index in [1.54, 1.807) is 6.07 Å². The standard InChI is InChI=1S/C18H21NO2/c1-11-12(2)16(10-17(13(11)3)18(20)21)14-6-8-15(9-7-14)19(4)5/h6-10H,1-5H3,(H,20,21). The molecular formula is C18H21NO2. The molecule has 3 heteroatoms. The lowest BCUT2D eigenvalue weighted by atomic mass is 9.90. The van der Waals surface area contributed by atoms with Crippen molar-refractivity contribution in [2.24, 2.45) is 0 Å². The molecule has 21 heavy (non-hydrogen) atoms. The Balaban J connectivity index is 2.60. The van der Waals surface area contributed by atoms with E-state index < -0.39 is 5.97 Å². The quantitative estimate of drug-likeness (QED) is 0.924. The number of anilines is 1. The average Bonchev–Trinajstić information content (AvgIpc) is 2.45. The van der Waals surface area contributed by atoms with Gasteiger partial charge in [0.25, 0.3) is 0 Å². The van der Waals surface area contributed by atoms with E-state index in [1.807, 2.05) is 64.0 Å². The molecule has 0 fully saturated rings. The summed E-state index contributed by atoms with van der Waals surface area (Å²) in [5, 5.41) is 9.36. The third kappa shape index (κ3) is 2.77. The number of nitrogens with zero attached hydrogens (tertiary/aromatic N) is 1. The molecule has 0 aliphatic rings. The van der Waals surface area contributed by atoms with Gasteiger partial charge in [-0.15, -0.1) is 0 Å². The van der Waals surface area contributed by atoms with Crippen molar-refractivity contribution in [3.8, 4) is 11.1 Å². The van der Waals surface area contributed by atoms with Crippen molar-refractivity contribution in [3.63, 3.8) is 0 Å². The van der Waals surface area contributed by atoms with E-state index in [-0.39, 0.29) is 0 Å². The van der Waals surface area contributed by atoms with Gasteiger partial charge in [0.05, 0.1) is 5.56 Å². The molecule has 0 saturated carbocycles. The molecule has 0 spiro atoms. The number of benzene rings is 2. The molecule has 2 aromatic carbocycles. The van der Waals surface area contributed by atoms with Gasteiger partial charge < -0.3 is 10.0 Å². The lowest BCUT2D eigenvalue weighted by Crippen LogP contribution is -2.08. The van der Waals surface area contributed by atoms with Gasteiger partial charge in [0.1, 0.15) is 0 Å². The van der Waals surface area contributed by atoms with Crippen LogP contribution in [0.15, 0.2) is 30.3 Å². The lowest BCUT2D eigenvalue weighted by Gasteiger charge is -2.16. The smallest absolute Gasteiger partial charge is 0.335 e. The Morgan fingerprint density at radius 2 is 1.52 bits per heavy atom. The molecule has 0 atom stereocenters. The van der Waals surface area contributed by atoms with Gasteiger partial charge in [-0.25, -0.2) is 4.79 Å². The zero-order valence-electron chi connectivity index (χ0n) is 13.2. The molecule has 0 saturated heterocycles. The molecule has 0 amide bonds. The van der Waals surface area contributed by atoms with Crippen molar-refractivity contribution >= 4 is 11.7 Å². The second kappa shape index (κ2) is 5.60. The van der Waals surface area contributed by atoms with Crippen molar-refractivity contribution in [2.75, 3.05) is 19.0 Å². The maximum atomic E-state index is 11.4. The number of carbonyl (C=O) groups is 1. The summed E-state index contributed by atoms with van der Waals surface area (Å²) in [5.74, 6) is -0.873. The molecule has 0 heterocycles. The van der Waals surface area contributed by atoms with Crippen LogP contribution in [0.5, 0.6) is 0 Å². The first-order valence-corrected chi connectivity index (χ1v) is 6.94. The van der Waals surface area contributed by atoms with Crippen LogP contribution in [0.4, 0.5) is 5.69 Å². The van der Waals surface area contributed by atoms with Crippen molar-refractivity contribution in [3.05, 3.63) is 52.6 Å². The molecular weight excluding hydrogens is 262 g/mol. The summed E-state index contributed by atoms with van der Waals surface area (Å²) in [7, 11) is 4.00. The van der Waals surface area contributed by atoms with E-state index in [1.165, 1.54) is 0 Å². The van der Waals surface area contributed by atoms with Gasteiger partial charge in [-0.3, -0.25) is 0 Å². The third-order valence-corrected chi connectivity index (χ3v) is 4.15. The Morgan fingerprint density at radius 1 is 0.952 bits per heavy atom. The Labute approximate surface area is 125 Å². The molecule has 0 aliphatic heterocycles. The Kier molecular flexibility index (Phi) is 4.03. The van der Waals surface area contributed by atoms with Crippen LogP contribution in [-0.2, 0) is 0 Å². The maximum Gasteiger partial charge on any atom is 0.335 e. The highest BCUT2D eigenvalue weighted by atomic mass is 16.4. The highest BCUT2D eigenvalue weighted by Crippen LogP contribution is 2.31. The van der Waals surface area contributed by atoms with E-state index in [0.717, 1.165) is 33.5 Å². The van der Waals surface area contributed by atoms with Crippen LogP contribution in [0.2, 0.25) is 0 Å². The second-order valence-corrected chi connectivity index (χ2v) is 5.59. The summed E-state index contributed by atoms with van der Waals surface area (Å²) in [4.78, 5) is 13.4. The highest BCUT2D eigenvalue weighted by molar-refractivity contribution is 5.92. The van der Waals surface area contributed by atoms with Crippen LogP contribution in [0.25, 0.3) is 11.1 Å². The van der Waals surface area contributed by atoms with Gasteiger partial charge in [0.2, 0.25) is 0 Å². The van der Waals surface area contributed by atoms with E-state index in [4.69, 9.17) is 0 Å². The van der Waals surface area contributed by atoms with Gasteiger partial charge >= 0.3 is 5.97 Å². The minimum atomic E-state index is -0.873. The summed E-state index contributed by atoms with van der Waals surface area (Å²) >= 11 is 0. The summed E-state index contributed by atoms with van der Waals surface area (Å²) in [5.41, 5.74) is 6.55. The third-order valence-electron chi connectivity index (χ3n) is 4.15. The number of carboxylic acid groups (broad SMARTS) is 1. The predicted octanol–water partition coefficient (Wildman–Crippen LogP) is 4.04. The first-order chi connectivity index (χ1) is 9.82. The fraction of sp³-hybridized carbons (Fsp3) is 0.278. The van der Waals surface area contributed by atoms with E-state index in [2.05, 4.69) is 0 Å². The van der Waals surface area contributed by atoms with Gasteiger partial charge in [-0.2, -0.15) is 0 Å². The van der Waals surface area contributed by atoms with Gasteiger partial charge in [-0.1, -0.05) is 12.1 Å². The SMILES string of the molecule is Cc1c(C(=O)O)cc(-c2ccc(N(C)C)cc2)c(C)c1C. The van der Waals surface area contributed by atoms with Gasteiger partial charge in [-0.05, 0) is 66.8 Å². The molecule has 0 bridgehead atoms. The lowest BCUT2D eigenvalue weighted by molar-refractivity contribution is 0.0696. The van der Waals surface area contributed by atoms with Crippen LogP contribution < -0.4 is 4.90 Å². The number of hydrogen-bond acceptors (Lipinski definition) is 2. The summed E-state index contributed by atoms with van der Waals surface area (Å²) in [6, 6.07) is 9.95. The van der Waals surface area contributed by atoms with Crippen LogP contribution in [0, 0.1) is 20.8 Å². The molecule has 1 N–H and O–H groups in total. The van der Waals surface area contributed by atoms with E-state index >= 15 is 0 Å². The fourth-order valence-electron chi connectivity index (χ4n) is 2.51. The first-order valence-electron chi connectivity index (χ1n) is 6.94. The minimum absolute atomic E-state index is 0.379. The predicted molar refractivity (Wildman–Crippen MR) is 87.4 cm³/mol. The summed E-state index contributed by atoms with van der Waals surface area (Å²) < 4.78 is 0. The van der Waals surface area contributed by atoms with Crippen LogP contribution >= 0.6 is 0 Å². The topological polar surface area (TPSA) is 40.5 Å². The highest BCUT2D eigenvalue weighted by Gasteiger charge is 2.15. The molecule has 0 unspecified atom stereocenters. The normalized spacial score (nSPS) is 10.5. The fourth-order valence-corrected chi connectivity index (χ4v) is 2.51. The van der Waals surface area contributed by atoms with Gasteiger partial charge in [0.15, 0.2) is 0 Å². The molecule has 2 aromatic rings. The van der Waals surface area contributed by atoms with Crippen molar-refractivity contribution < 1.29 is 9.90 Å². The monoisotopic (exact) mass is 283 g/mol. The van der Waals surface area contributed by atoms with Crippen LogP contribution in [0.3, 0.4) is 0 Å². The zero-order chi connectivity index (χ0) is 15.7. The molecule has 0 aliphatic carbocycles. The first kappa shape index (κ1) is 15.1. The largest absolute Gasteiger partial charge is 0.478 e. The van der Waals surface area contributed by atoms with Crippen molar-refractivity contribution in [1.29, 1.82) is 0 Å². The number of aromatic carboxylic acids is 1. The van der Waals surface area contributed by atoms with Crippen LogP contribution in [0.1, 0.15) is 27.0 Å². The van der Waals surface area contributed by atoms with Crippen molar-refractivity contribution in [2.45, 2.75) is 20.8 Å². The number of hydrogen-bond donors (Lipinski definition) is 1. The molecule has 2 rings (SSSR count). The van der Waals surface area contributed by atoms with Crippen molar-refractivity contribution in [1.82, 2.24) is 0 Å². The summed E-state index contributed by atoms with van der Waals surface area (Å²) in [6.07, 6.45) is 0. The molecule has 110 valence electrons. The van der Waals surface area contributed by atoms with Crippen LogP contribution in [-0.4, -0.2) is 25.2 Å². The Morgan fingerprint density at radius 3 is 2.00 bits per heavy atom. The zero-order valence-corrected chi connectivity index (χ0v) is 13.2. The Hall–Kier alpha value is -2.29. The number of rotatable bonds is 3. The van der Waals surface area contributed by atoms with E-state index in [9.17, 15) is 9.90 Å². The molecule has 0 radical (unpaired) electrons. The molecule has 0 aromatic heterocycles. The van der Waals surface area contributed by atoms with E-state index in [0.29, 0.717) is 5.56 Å². The second-order valence-electron chi connectivity index (χ2n) is 5.59. The van der Waals surface area contributed by atoms with Gasteiger partial charge in [0, 0.05) is 19.8 Å². The average molecular weight is 283 g/mol. The maximum absolute atomic E-state index is 11.4.